The molecule has 0 aliphatic rings. The highest BCUT2D eigenvalue weighted by Crippen LogP contribution is 2.17. The highest BCUT2D eigenvalue weighted by Gasteiger charge is 2.08. The molecule has 0 unspecified atom stereocenters. The number of nitrogens with zero attached hydrogens (tertiary/aromatic N) is 4. The van der Waals surface area contributed by atoms with E-state index >= 15 is 0 Å². The summed E-state index contributed by atoms with van der Waals surface area (Å²) in [5.41, 5.74) is 0.617. The number of hydrogen-bond acceptors (Lipinski definition) is 6. The van der Waals surface area contributed by atoms with Gasteiger partial charge in [-0.1, -0.05) is 11.4 Å². The molecule has 0 radical (unpaired) electrons. The highest BCUT2D eigenvalue weighted by atomic mass is 32.1. The Morgan fingerprint density at radius 3 is 3.18 bits per heavy atom. The molecule has 17 heavy (non-hydrogen) atoms. The van der Waals surface area contributed by atoms with Crippen LogP contribution in [0, 0.1) is 0 Å². The van der Waals surface area contributed by atoms with E-state index in [9.17, 15) is 4.79 Å². The quantitative estimate of drug-likeness (QED) is 0.857. The van der Waals surface area contributed by atoms with Crippen molar-refractivity contribution in [2.75, 3.05) is 11.9 Å². The highest BCUT2D eigenvalue weighted by molar-refractivity contribution is 7.10. The Balaban J connectivity index is 2.16. The van der Waals surface area contributed by atoms with E-state index in [0.29, 0.717) is 6.54 Å². The van der Waals surface area contributed by atoms with Crippen LogP contribution in [0.5, 0.6) is 0 Å². The topological polar surface area (TPSA) is 72.7 Å². The van der Waals surface area contributed by atoms with Crippen molar-refractivity contribution in [1.29, 1.82) is 0 Å². The Morgan fingerprint density at radius 2 is 2.41 bits per heavy atom. The Morgan fingerprint density at radius 1 is 1.53 bits per heavy atom. The Labute approximate surface area is 102 Å². The van der Waals surface area contributed by atoms with Crippen molar-refractivity contribution in [3.8, 4) is 0 Å². The van der Waals surface area contributed by atoms with Crippen LogP contribution in [-0.2, 0) is 6.54 Å². The van der Waals surface area contributed by atoms with Gasteiger partial charge in [0.25, 0.3) is 5.56 Å². The fraction of sp³-hybridized carbons (Fsp3) is 0.400. The zero-order valence-electron chi connectivity index (χ0n) is 9.46. The summed E-state index contributed by atoms with van der Waals surface area (Å²) in [5.74, 6) is 0. The molecule has 2 rings (SSSR count). The maximum absolute atomic E-state index is 11.5. The molecule has 0 amide bonds. The van der Waals surface area contributed by atoms with E-state index in [1.807, 2.05) is 0 Å². The molecule has 2 heterocycles. The number of nitrogens with one attached hydrogen (secondary N) is 1. The van der Waals surface area contributed by atoms with Crippen LogP contribution >= 0.6 is 11.5 Å². The molecule has 7 heteroatoms. The molecule has 0 bridgehead atoms. The minimum absolute atomic E-state index is 0.137. The molecule has 0 saturated carbocycles. The fourth-order valence-corrected chi connectivity index (χ4v) is 1.93. The van der Waals surface area contributed by atoms with Gasteiger partial charge >= 0.3 is 0 Å². The van der Waals surface area contributed by atoms with Crippen LogP contribution in [0.15, 0.2) is 23.1 Å². The van der Waals surface area contributed by atoms with Gasteiger partial charge in [-0.2, -0.15) is 5.10 Å². The van der Waals surface area contributed by atoms with E-state index in [0.717, 1.165) is 23.7 Å². The van der Waals surface area contributed by atoms with Crippen molar-refractivity contribution < 1.29 is 0 Å². The standard InChI is InChI=1S/C10H13N5OS/c1-2-5-11-10-8(13-14-17-10)7-15-9(16)4-3-6-12-15/h3-4,6,11H,2,5,7H2,1H3. The van der Waals surface area contributed by atoms with Gasteiger partial charge in [0.15, 0.2) is 0 Å². The minimum atomic E-state index is -0.137. The van der Waals surface area contributed by atoms with Crippen molar-refractivity contribution in [2.45, 2.75) is 19.9 Å². The van der Waals surface area contributed by atoms with Gasteiger partial charge in [-0.3, -0.25) is 4.79 Å². The summed E-state index contributed by atoms with van der Waals surface area (Å²) < 4.78 is 5.26. The fourth-order valence-electron chi connectivity index (χ4n) is 1.33. The second-order valence-corrected chi connectivity index (χ2v) is 4.25. The molecular weight excluding hydrogens is 238 g/mol. The molecule has 1 N–H and O–H groups in total. The third-order valence-electron chi connectivity index (χ3n) is 2.18. The normalized spacial score (nSPS) is 10.4. The largest absolute Gasteiger partial charge is 0.374 e. The number of aromatic nitrogens is 4. The molecule has 90 valence electrons. The SMILES string of the molecule is CCCNc1snnc1Cn1ncccc1=O. The molecule has 2 aromatic rings. The first-order valence-electron chi connectivity index (χ1n) is 5.38. The van der Waals surface area contributed by atoms with Crippen LogP contribution in [0.3, 0.4) is 0 Å². The molecule has 0 aliphatic heterocycles. The molecule has 0 atom stereocenters. The summed E-state index contributed by atoms with van der Waals surface area (Å²) in [6.07, 6.45) is 2.61. The van der Waals surface area contributed by atoms with E-state index in [-0.39, 0.29) is 5.56 Å². The van der Waals surface area contributed by atoms with Gasteiger partial charge < -0.3 is 5.32 Å². The minimum Gasteiger partial charge on any atom is -0.374 e. The van der Waals surface area contributed by atoms with Crippen molar-refractivity contribution >= 4 is 16.5 Å². The molecular formula is C10H13N5OS. The van der Waals surface area contributed by atoms with Crippen LogP contribution < -0.4 is 10.9 Å². The van der Waals surface area contributed by atoms with Gasteiger partial charge in [-0.15, -0.1) is 5.10 Å². The Bertz CT molecular complexity index is 535. The molecule has 2 aromatic heterocycles. The van der Waals surface area contributed by atoms with Gasteiger partial charge in [0.05, 0.1) is 6.54 Å². The van der Waals surface area contributed by atoms with Crippen molar-refractivity contribution in [2.24, 2.45) is 0 Å². The molecule has 0 saturated heterocycles. The molecule has 0 fully saturated rings. The summed E-state index contributed by atoms with van der Waals surface area (Å²) in [6.45, 7) is 3.31. The van der Waals surface area contributed by atoms with Crippen LogP contribution in [0.1, 0.15) is 19.0 Å². The molecule has 0 aromatic carbocycles. The number of rotatable bonds is 5. The summed E-state index contributed by atoms with van der Waals surface area (Å²) >= 11 is 1.30. The first-order chi connectivity index (χ1) is 8.31. The molecule has 6 nitrogen and oxygen atoms in total. The molecule has 0 aliphatic carbocycles. The monoisotopic (exact) mass is 251 g/mol. The van der Waals surface area contributed by atoms with E-state index in [1.54, 1.807) is 12.3 Å². The summed E-state index contributed by atoms with van der Waals surface area (Å²) in [6, 6.07) is 3.10. The Hall–Kier alpha value is -1.76. The zero-order chi connectivity index (χ0) is 12.1. The van der Waals surface area contributed by atoms with Gasteiger partial charge in [-0.05, 0) is 12.5 Å². The number of hydrogen-bond donors (Lipinski definition) is 1. The predicted octanol–water partition coefficient (Wildman–Crippen LogP) is 0.965. The van der Waals surface area contributed by atoms with Crippen molar-refractivity contribution in [3.63, 3.8) is 0 Å². The lowest BCUT2D eigenvalue weighted by atomic mass is 10.4. The lowest BCUT2D eigenvalue weighted by molar-refractivity contribution is 0.627. The maximum atomic E-state index is 11.5. The summed E-state index contributed by atoms with van der Waals surface area (Å²) in [5, 5.41) is 12.1. The lowest BCUT2D eigenvalue weighted by Crippen LogP contribution is -2.22. The van der Waals surface area contributed by atoms with Gasteiger partial charge in [0.2, 0.25) is 0 Å². The number of anilines is 1. The van der Waals surface area contributed by atoms with E-state index in [1.165, 1.54) is 22.3 Å². The zero-order valence-corrected chi connectivity index (χ0v) is 10.3. The van der Waals surface area contributed by atoms with Crippen LogP contribution in [0.2, 0.25) is 0 Å². The van der Waals surface area contributed by atoms with Gasteiger partial charge in [0.1, 0.15) is 10.7 Å². The van der Waals surface area contributed by atoms with Crippen molar-refractivity contribution in [3.05, 3.63) is 34.4 Å². The second-order valence-electron chi connectivity index (χ2n) is 3.50. The van der Waals surface area contributed by atoms with Gasteiger partial charge in [-0.25, -0.2) is 4.68 Å². The Kier molecular flexibility index (Phi) is 3.81. The summed E-state index contributed by atoms with van der Waals surface area (Å²) in [4.78, 5) is 11.5. The third-order valence-corrected chi connectivity index (χ3v) is 2.90. The van der Waals surface area contributed by atoms with Crippen LogP contribution in [0.4, 0.5) is 5.00 Å². The van der Waals surface area contributed by atoms with Crippen LogP contribution in [0.25, 0.3) is 0 Å². The predicted molar refractivity (Wildman–Crippen MR) is 66.3 cm³/mol. The lowest BCUT2D eigenvalue weighted by Gasteiger charge is -2.04. The van der Waals surface area contributed by atoms with Crippen molar-refractivity contribution in [1.82, 2.24) is 19.4 Å². The second kappa shape index (κ2) is 5.53. The maximum Gasteiger partial charge on any atom is 0.267 e. The molecule has 0 spiro atoms. The smallest absolute Gasteiger partial charge is 0.267 e. The van der Waals surface area contributed by atoms with E-state index < -0.39 is 0 Å². The average Bonchev–Trinajstić information content (AvgIpc) is 2.77. The average molecular weight is 251 g/mol. The van der Waals surface area contributed by atoms with E-state index in [4.69, 9.17) is 0 Å². The first kappa shape index (κ1) is 11.7. The van der Waals surface area contributed by atoms with E-state index in [2.05, 4.69) is 26.9 Å². The van der Waals surface area contributed by atoms with Gasteiger partial charge in [0, 0.05) is 30.3 Å². The van der Waals surface area contributed by atoms with Crippen LogP contribution in [-0.4, -0.2) is 25.9 Å². The summed E-state index contributed by atoms with van der Waals surface area (Å²) in [7, 11) is 0. The first-order valence-corrected chi connectivity index (χ1v) is 6.16. The third kappa shape index (κ3) is 2.88.